The standard InChI is InChI=1S/C16H13N3O6/c20-13-4-2-1-3-11(13)17-15(21)8-18-9-16(22)25-14-7-10(19(23)24)5-6-12(14)18/h1-7,20H,8-9H2,(H,17,21). The number of hydrogen-bond acceptors (Lipinski definition) is 7. The zero-order chi connectivity index (χ0) is 18.0. The lowest BCUT2D eigenvalue weighted by Crippen LogP contribution is -2.41. The van der Waals surface area contributed by atoms with Gasteiger partial charge < -0.3 is 20.1 Å². The molecule has 0 saturated heterocycles. The first-order valence-electron chi connectivity index (χ1n) is 7.26. The fraction of sp³-hybridized carbons (Fsp3) is 0.125. The van der Waals surface area contributed by atoms with Crippen LogP contribution in [0.1, 0.15) is 0 Å². The largest absolute Gasteiger partial charge is 0.506 e. The molecule has 25 heavy (non-hydrogen) atoms. The zero-order valence-electron chi connectivity index (χ0n) is 12.8. The molecular weight excluding hydrogens is 330 g/mol. The third-order valence-electron chi connectivity index (χ3n) is 3.55. The Morgan fingerprint density at radius 1 is 1.32 bits per heavy atom. The molecule has 9 heteroatoms. The van der Waals surface area contributed by atoms with Gasteiger partial charge in [0.05, 0.1) is 28.9 Å². The van der Waals surface area contributed by atoms with E-state index in [-0.39, 0.29) is 36.0 Å². The highest BCUT2D eigenvalue weighted by atomic mass is 16.6. The minimum atomic E-state index is -0.622. The molecule has 0 saturated carbocycles. The maximum atomic E-state index is 12.2. The van der Waals surface area contributed by atoms with E-state index in [0.29, 0.717) is 5.69 Å². The molecule has 128 valence electrons. The number of amides is 1. The van der Waals surface area contributed by atoms with Crippen molar-refractivity contribution >= 4 is 28.9 Å². The Hall–Kier alpha value is -3.62. The topological polar surface area (TPSA) is 122 Å². The second-order valence-electron chi connectivity index (χ2n) is 5.30. The van der Waals surface area contributed by atoms with Crippen molar-refractivity contribution in [2.45, 2.75) is 0 Å². The predicted octanol–water partition coefficient (Wildman–Crippen LogP) is 1.66. The Morgan fingerprint density at radius 3 is 2.80 bits per heavy atom. The molecule has 2 N–H and O–H groups in total. The zero-order valence-corrected chi connectivity index (χ0v) is 12.8. The molecule has 0 fully saturated rings. The van der Waals surface area contributed by atoms with Crippen molar-refractivity contribution in [1.29, 1.82) is 0 Å². The van der Waals surface area contributed by atoms with Crippen LogP contribution in [0.4, 0.5) is 17.1 Å². The molecule has 0 bridgehead atoms. The SMILES string of the molecule is O=C(CN1CC(=O)Oc2cc([N+](=O)[O-])ccc21)Nc1ccccc1O. The maximum Gasteiger partial charge on any atom is 0.331 e. The average Bonchev–Trinajstić information content (AvgIpc) is 2.56. The Bertz CT molecular complexity index is 867. The Labute approximate surface area is 141 Å². The molecule has 0 aromatic heterocycles. The number of nitro groups is 1. The number of phenolic OH excluding ortho intramolecular Hbond substituents is 1. The normalized spacial score (nSPS) is 13.0. The van der Waals surface area contributed by atoms with E-state index in [1.54, 1.807) is 12.1 Å². The van der Waals surface area contributed by atoms with Crippen molar-refractivity contribution in [3.8, 4) is 11.5 Å². The van der Waals surface area contributed by atoms with Crippen LogP contribution in [-0.2, 0) is 9.59 Å². The van der Waals surface area contributed by atoms with Gasteiger partial charge in [0.25, 0.3) is 5.69 Å². The van der Waals surface area contributed by atoms with Crippen molar-refractivity contribution < 1.29 is 24.4 Å². The Morgan fingerprint density at radius 2 is 2.08 bits per heavy atom. The molecule has 1 heterocycles. The van der Waals surface area contributed by atoms with Crippen molar-refractivity contribution in [3.05, 3.63) is 52.6 Å². The molecule has 3 rings (SSSR count). The summed E-state index contributed by atoms with van der Waals surface area (Å²) in [6.07, 6.45) is 0. The third-order valence-corrected chi connectivity index (χ3v) is 3.55. The van der Waals surface area contributed by atoms with E-state index in [0.717, 1.165) is 6.07 Å². The number of nitrogens with one attached hydrogen (secondary N) is 1. The lowest BCUT2D eigenvalue weighted by atomic mass is 10.2. The molecular formula is C16H13N3O6. The van der Waals surface area contributed by atoms with Gasteiger partial charge in [0, 0.05) is 6.07 Å². The summed E-state index contributed by atoms with van der Waals surface area (Å²) in [6, 6.07) is 10.1. The summed E-state index contributed by atoms with van der Waals surface area (Å²) < 4.78 is 5.02. The number of nitrogens with zero attached hydrogens (tertiary/aromatic N) is 2. The number of aromatic hydroxyl groups is 1. The lowest BCUT2D eigenvalue weighted by molar-refractivity contribution is -0.384. The van der Waals surface area contributed by atoms with E-state index in [1.165, 1.54) is 29.2 Å². The van der Waals surface area contributed by atoms with Gasteiger partial charge in [0.1, 0.15) is 12.3 Å². The number of benzene rings is 2. The number of hydrogen-bond donors (Lipinski definition) is 2. The second kappa shape index (κ2) is 6.48. The van der Waals surface area contributed by atoms with E-state index in [2.05, 4.69) is 5.32 Å². The molecule has 0 aliphatic carbocycles. The van der Waals surface area contributed by atoms with Crippen molar-refractivity contribution in [3.63, 3.8) is 0 Å². The number of ether oxygens (including phenoxy) is 1. The molecule has 1 aliphatic heterocycles. The quantitative estimate of drug-likeness (QED) is 0.285. The van der Waals surface area contributed by atoms with Gasteiger partial charge in [-0.15, -0.1) is 0 Å². The Kier molecular flexibility index (Phi) is 4.21. The van der Waals surface area contributed by atoms with Gasteiger partial charge >= 0.3 is 5.97 Å². The molecule has 0 atom stereocenters. The van der Waals surface area contributed by atoms with E-state index < -0.39 is 16.8 Å². The summed E-state index contributed by atoms with van der Waals surface area (Å²) in [6.45, 7) is -0.354. The molecule has 1 aliphatic rings. The third kappa shape index (κ3) is 3.50. The smallest absolute Gasteiger partial charge is 0.331 e. The molecule has 0 spiro atoms. The molecule has 1 amide bonds. The van der Waals surface area contributed by atoms with Gasteiger partial charge in [-0.2, -0.15) is 0 Å². The highest BCUT2D eigenvalue weighted by Crippen LogP contribution is 2.35. The number of fused-ring (bicyclic) bond motifs is 1. The van der Waals surface area contributed by atoms with E-state index in [9.17, 15) is 24.8 Å². The first-order valence-corrected chi connectivity index (χ1v) is 7.26. The second-order valence-corrected chi connectivity index (χ2v) is 5.30. The first kappa shape index (κ1) is 16.2. The van der Waals surface area contributed by atoms with Crippen LogP contribution >= 0.6 is 0 Å². The van der Waals surface area contributed by atoms with Gasteiger partial charge in [-0.1, -0.05) is 12.1 Å². The fourth-order valence-corrected chi connectivity index (χ4v) is 2.44. The van der Waals surface area contributed by atoms with Gasteiger partial charge in [-0.05, 0) is 18.2 Å². The molecule has 2 aromatic carbocycles. The summed E-state index contributed by atoms with van der Waals surface area (Å²) >= 11 is 0. The maximum absolute atomic E-state index is 12.2. The number of rotatable bonds is 4. The molecule has 0 unspecified atom stereocenters. The van der Waals surface area contributed by atoms with Gasteiger partial charge in [-0.3, -0.25) is 14.9 Å². The van der Waals surface area contributed by atoms with Crippen LogP contribution in [0.3, 0.4) is 0 Å². The average molecular weight is 343 g/mol. The molecule has 0 radical (unpaired) electrons. The summed E-state index contributed by atoms with van der Waals surface area (Å²) in [5, 5.41) is 23.0. The number of para-hydroxylation sites is 2. The number of phenols is 1. The first-order chi connectivity index (χ1) is 11.9. The van der Waals surface area contributed by atoms with Crippen molar-refractivity contribution in [1.82, 2.24) is 0 Å². The van der Waals surface area contributed by atoms with Crippen LogP contribution in [0, 0.1) is 10.1 Å². The van der Waals surface area contributed by atoms with Gasteiger partial charge in [0.15, 0.2) is 5.75 Å². The van der Waals surface area contributed by atoms with Crippen LogP contribution in [0.25, 0.3) is 0 Å². The minimum absolute atomic E-state index is 0.0285. The highest BCUT2D eigenvalue weighted by molar-refractivity contribution is 5.97. The van der Waals surface area contributed by atoms with Crippen LogP contribution < -0.4 is 15.0 Å². The number of esters is 1. The number of carbonyl (C=O) groups is 2. The highest BCUT2D eigenvalue weighted by Gasteiger charge is 2.27. The van der Waals surface area contributed by atoms with Crippen LogP contribution in [0.5, 0.6) is 11.5 Å². The molecule has 2 aromatic rings. The van der Waals surface area contributed by atoms with E-state index >= 15 is 0 Å². The van der Waals surface area contributed by atoms with Crippen molar-refractivity contribution in [2.24, 2.45) is 0 Å². The lowest BCUT2D eigenvalue weighted by Gasteiger charge is -2.29. The summed E-state index contributed by atoms with van der Waals surface area (Å²) in [5.41, 5.74) is 0.431. The number of nitro benzene ring substituents is 1. The van der Waals surface area contributed by atoms with Crippen LogP contribution in [-0.4, -0.2) is 35.0 Å². The van der Waals surface area contributed by atoms with Crippen molar-refractivity contribution in [2.75, 3.05) is 23.3 Å². The van der Waals surface area contributed by atoms with Crippen LogP contribution in [0.15, 0.2) is 42.5 Å². The van der Waals surface area contributed by atoms with Gasteiger partial charge in [-0.25, -0.2) is 4.79 Å². The number of carbonyl (C=O) groups excluding carboxylic acids is 2. The van der Waals surface area contributed by atoms with E-state index in [1.807, 2.05) is 0 Å². The number of anilines is 2. The monoisotopic (exact) mass is 343 g/mol. The van der Waals surface area contributed by atoms with E-state index in [4.69, 9.17) is 4.74 Å². The van der Waals surface area contributed by atoms with Crippen LogP contribution in [0.2, 0.25) is 0 Å². The summed E-state index contributed by atoms with van der Waals surface area (Å²) in [5.74, 6) is -1.13. The summed E-state index contributed by atoms with van der Waals surface area (Å²) in [4.78, 5) is 35.6. The molecule has 9 nitrogen and oxygen atoms in total. The number of non-ortho nitro benzene ring substituents is 1. The minimum Gasteiger partial charge on any atom is -0.506 e. The Balaban J connectivity index is 1.79. The summed E-state index contributed by atoms with van der Waals surface area (Å²) in [7, 11) is 0. The fourth-order valence-electron chi connectivity index (χ4n) is 2.44. The predicted molar refractivity (Wildman–Crippen MR) is 87.7 cm³/mol. The van der Waals surface area contributed by atoms with Gasteiger partial charge in [0.2, 0.25) is 5.91 Å².